The van der Waals surface area contributed by atoms with Crippen LogP contribution in [0.15, 0.2) is 144 Å². The van der Waals surface area contributed by atoms with Gasteiger partial charge in [-0.1, -0.05) is 198 Å². The van der Waals surface area contributed by atoms with E-state index < -0.39 is 0 Å². The maximum absolute atomic E-state index is 13.1. The van der Waals surface area contributed by atoms with E-state index in [1.54, 1.807) is 24.3 Å². The van der Waals surface area contributed by atoms with Crippen LogP contribution in [0.3, 0.4) is 0 Å². The number of hydrogen-bond acceptors (Lipinski definition) is 6. The van der Waals surface area contributed by atoms with Crippen LogP contribution in [-0.2, 0) is 22.0 Å². The van der Waals surface area contributed by atoms with Crippen molar-refractivity contribution >= 4 is 11.6 Å². The second-order valence-corrected chi connectivity index (χ2v) is 32.1. The third-order valence-electron chi connectivity index (χ3n) is 21.0. The molecule has 2 aliphatic carbocycles. The van der Waals surface area contributed by atoms with Crippen molar-refractivity contribution < 1.29 is 18.3 Å². The molecule has 9 rings (SSSR count). The van der Waals surface area contributed by atoms with Crippen LogP contribution in [-0.4, -0.2) is 93.1 Å². The number of rotatable bonds is 25. The molecule has 3 aliphatic heterocycles. The number of aryl methyl sites for hydroxylation is 2. The molecule has 4 unspecified atom stereocenters. The maximum atomic E-state index is 13.1. The van der Waals surface area contributed by atoms with Gasteiger partial charge in [0.25, 0.3) is 0 Å². The Hall–Kier alpha value is -4.41. The van der Waals surface area contributed by atoms with E-state index in [9.17, 15) is 8.78 Å². The van der Waals surface area contributed by atoms with Crippen molar-refractivity contribution in [3.8, 4) is 5.75 Å². The Morgan fingerprint density at radius 3 is 1.44 bits per heavy atom. The first kappa shape index (κ1) is 79.6. The van der Waals surface area contributed by atoms with Gasteiger partial charge in [-0.25, -0.2) is 8.78 Å². The van der Waals surface area contributed by atoms with E-state index in [0.717, 1.165) is 98.9 Å². The standard InChI is InChI=1S/C24H36FN.C23H37N.C21H32ClNO.C18H26FNO/c1-19(2)18-24(13-10-20-8-11-23(25)12-9-20)26-16-14-22(15-17-26)21-6-4-3-5-7-21;1-18(2)15-22(24-17-20-9-7-6-8-10-20)16-23(4,5)21-13-11-19(3)12-14-21;1-16(2)13-20(23-15-17-9-11-24-12-10-17)14-21(3,4)18-5-7-19(22)8-6-18;1-14(2)12-17(20-10-8-15(3)9-11-20)13-21-18-6-4-16(19)5-7-18/h8-9,11-12,18,21-22,24H,3-7,10,13-17H2,1-2H3;11-15,20,22,24H,6-10,16-17H2,1-5H3;5-8,13,17,20,23H,9-12,14-15H2,1-4H3;4-7,12,15,17H,8-11,13H2,1-3H3. The third kappa shape index (κ3) is 30.7. The van der Waals surface area contributed by atoms with Gasteiger partial charge in [0.05, 0.1) is 6.04 Å². The van der Waals surface area contributed by atoms with Gasteiger partial charge in [0, 0.05) is 36.4 Å². The van der Waals surface area contributed by atoms with Gasteiger partial charge in [0.15, 0.2) is 0 Å². The lowest BCUT2D eigenvalue weighted by Gasteiger charge is -2.40. The molecule has 2 N–H and O–H groups in total. The highest BCUT2D eigenvalue weighted by Crippen LogP contribution is 2.37. The van der Waals surface area contributed by atoms with Crippen LogP contribution in [0.2, 0.25) is 5.02 Å². The molecule has 9 heteroatoms. The first-order valence-corrected chi connectivity index (χ1v) is 37.9. The average molecular weight is 1330 g/mol. The number of halogens is 3. The predicted molar refractivity (Wildman–Crippen MR) is 404 cm³/mol. The van der Waals surface area contributed by atoms with Crippen molar-refractivity contribution in [3.05, 3.63) is 183 Å². The Kier molecular flexibility index (Phi) is 35.1. The van der Waals surface area contributed by atoms with Crippen molar-refractivity contribution in [2.24, 2.45) is 29.6 Å². The summed E-state index contributed by atoms with van der Waals surface area (Å²) in [5.41, 5.74) is 11.1. The normalized spacial score (nSPS) is 18.8. The molecule has 4 atom stereocenters. The second-order valence-electron chi connectivity index (χ2n) is 31.7. The van der Waals surface area contributed by atoms with Crippen LogP contribution in [0.1, 0.15) is 234 Å². The largest absolute Gasteiger partial charge is 0.492 e. The fourth-order valence-electron chi connectivity index (χ4n) is 15.2. The molecule has 6 nitrogen and oxygen atoms in total. The Morgan fingerprint density at radius 1 is 0.526 bits per heavy atom. The summed E-state index contributed by atoms with van der Waals surface area (Å²) in [6, 6.07) is 32.3. The third-order valence-corrected chi connectivity index (χ3v) is 21.2. The quantitative estimate of drug-likeness (QED) is 0.0645. The van der Waals surface area contributed by atoms with Gasteiger partial charge in [-0.05, 0) is 284 Å². The van der Waals surface area contributed by atoms with Gasteiger partial charge in [0.1, 0.15) is 24.0 Å². The van der Waals surface area contributed by atoms with Crippen molar-refractivity contribution in [1.82, 2.24) is 20.4 Å². The van der Waals surface area contributed by atoms with Crippen LogP contribution in [0.25, 0.3) is 0 Å². The zero-order valence-electron chi connectivity index (χ0n) is 62.1. The molecule has 528 valence electrons. The summed E-state index contributed by atoms with van der Waals surface area (Å²) in [5, 5.41) is 8.48. The van der Waals surface area contributed by atoms with Crippen LogP contribution in [0.5, 0.6) is 5.75 Å². The minimum absolute atomic E-state index is 0.101. The number of nitrogens with one attached hydrogen (secondary N) is 2. The van der Waals surface area contributed by atoms with Crippen molar-refractivity contribution in [1.29, 1.82) is 0 Å². The average Bonchev–Trinajstić information content (AvgIpc) is 0.886. The molecular formula is C86H131ClF2N4O2. The van der Waals surface area contributed by atoms with Crippen LogP contribution >= 0.6 is 11.6 Å². The molecular weight excluding hydrogens is 1190 g/mol. The summed E-state index contributed by atoms with van der Waals surface area (Å²) in [4.78, 5) is 5.20. The fraction of sp³-hybridized carbons (Fsp3) is 0.628. The molecule has 0 radical (unpaired) electrons. The second kappa shape index (κ2) is 41.9. The first-order chi connectivity index (χ1) is 45.4. The molecule has 0 bridgehead atoms. The summed E-state index contributed by atoms with van der Waals surface area (Å²) < 4.78 is 37.4. The molecule has 4 aromatic rings. The summed E-state index contributed by atoms with van der Waals surface area (Å²) in [7, 11) is 0. The topological polar surface area (TPSA) is 49.0 Å². The molecule has 0 aromatic heterocycles. The summed E-state index contributed by atoms with van der Waals surface area (Å²) >= 11 is 6.04. The first-order valence-electron chi connectivity index (χ1n) is 37.5. The monoisotopic (exact) mass is 1320 g/mol. The minimum atomic E-state index is -0.229. The van der Waals surface area contributed by atoms with E-state index in [1.165, 1.54) is 179 Å². The molecule has 5 aliphatic rings. The van der Waals surface area contributed by atoms with Crippen LogP contribution in [0.4, 0.5) is 8.78 Å². The molecule has 0 spiro atoms. The van der Waals surface area contributed by atoms with E-state index >= 15 is 0 Å². The van der Waals surface area contributed by atoms with Gasteiger partial charge in [0.2, 0.25) is 0 Å². The predicted octanol–water partition coefficient (Wildman–Crippen LogP) is 22.2. The van der Waals surface area contributed by atoms with Crippen molar-refractivity contribution in [2.75, 3.05) is 59.1 Å². The van der Waals surface area contributed by atoms with Gasteiger partial charge in [-0.2, -0.15) is 0 Å². The Balaban J connectivity index is 0.000000201. The highest BCUT2D eigenvalue weighted by Gasteiger charge is 2.31. The number of benzene rings is 4. The highest BCUT2D eigenvalue weighted by atomic mass is 35.5. The number of hydrogen-bond donors (Lipinski definition) is 2. The van der Waals surface area contributed by atoms with Gasteiger partial charge in [-0.3, -0.25) is 9.80 Å². The van der Waals surface area contributed by atoms with E-state index in [1.807, 2.05) is 24.3 Å². The van der Waals surface area contributed by atoms with Gasteiger partial charge < -0.3 is 20.1 Å². The number of piperidine rings is 2. The lowest BCUT2D eigenvalue weighted by atomic mass is 9.75. The van der Waals surface area contributed by atoms with E-state index in [0.29, 0.717) is 30.8 Å². The van der Waals surface area contributed by atoms with Crippen molar-refractivity contribution in [2.45, 2.75) is 260 Å². The van der Waals surface area contributed by atoms with E-state index in [-0.39, 0.29) is 22.5 Å². The smallest absolute Gasteiger partial charge is 0.123 e. The summed E-state index contributed by atoms with van der Waals surface area (Å²) in [6.07, 6.45) is 36.0. The lowest BCUT2D eigenvalue weighted by molar-refractivity contribution is 0.0656. The Morgan fingerprint density at radius 2 is 0.947 bits per heavy atom. The molecule has 2 saturated carbocycles. The van der Waals surface area contributed by atoms with Crippen molar-refractivity contribution in [3.63, 3.8) is 0 Å². The molecule has 3 saturated heterocycles. The summed E-state index contributed by atoms with van der Waals surface area (Å²) in [5.74, 6) is 4.79. The number of likely N-dealkylation sites (tertiary alicyclic amines) is 2. The SMILES string of the molecule is CC(C)=CC(CC(C)(C)c1ccc(C)cc1)NCC1CCCCC1.CC(C)=CC(CC(C)(C)c1ccc(Cl)cc1)NCC1CCOCC1.CC(C)=CC(CCc1ccc(F)cc1)N1CCC(C2CCCCC2)CC1.CC(C)=CC(COc1ccc(F)cc1)N1CCC(C)CC1. The number of allylic oxidation sites excluding steroid dienone is 4. The molecule has 4 aromatic carbocycles. The van der Waals surface area contributed by atoms with Gasteiger partial charge >= 0.3 is 0 Å². The fourth-order valence-corrected chi connectivity index (χ4v) is 15.3. The Labute approximate surface area is 584 Å². The Bertz CT molecular complexity index is 2750. The highest BCUT2D eigenvalue weighted by molar-refractivity contribution is 6.30. The maximum Gasteiger partial charge on any atom is 0.123 e. The zero-order chi connectivity index (χ0) is 68.8. The van der Waals surface area contributed by atoms with Gasteiger partial charge in [-0.15, -0.1) is 0 Å². The molecule has 3 heterocycles. The molecule has 5 fully saturated rings. The van der Waals surface area contributed by atoms with E-state index in [4.69, 9.17) is 21.1 Å². The lowest BCUT2D eigenvalue weighted by Crippen LogP contribution is -2.43. The van der Waals surface area contributed by atoms with Crippen LogP contribution < -0.4 is 15.4 Å². The molecule has 0 amide bonds. The van der Waals surface area contributed by atoms with Crippen LogP contribution in [0, 0.1) is 48.1 Å². The minimum Gasteiger partial charge on any atom is -0.492 e. The number of ether oxygens (including phenoxy) is 2. The summed E-state index contributed by atoms with van der Waals surface area (Å²) in [6.45, 7) is 40.8. The van der Waals surface area contributed by atoms with E-state index in [2.05, 4.69) is 178 Å². The zero-order valence-corrected chi connectivity index (χ0v) is 62.9. The molecule has 95 heavy (non-hydrogen) atoms. The number of nitrogens with zero attached hydrogens (tertiary/aromatic N) is 2.